The predicted molar refractivity (Wildman–Crippen MR) is 86.9 cm³/mol. The number of hydrogen-bond donors (Lipinski definition) is 1. The zero-order valence-electron chi connectivity index (χ0n) is 12.3. The van der Waals surface area contributed by atoms with E-state index < -0.39 is 10.8 Å². The largest absolute Gasteiger partial charge is 0.398 e. The van der Waals surface area contributed by atoms with Gasteiger partial charge in [-0.05, 0) is 49.6 Å². The fraction of sp³-hybridized carbons (Fsp3) is 0.312. The molecule has 2 aromatic rings. The number of benzene rings is 1. The van der Waals surface area contributed by atoms with Crippen LogP contribution in [0.15, 0.2) is 46.2 Å². The maximum atomic E-state index is 12.2. The number of rotatable bonds is 5. The van der Waals surface area contributed by atoms with Gasteiger partial charge in [0.2, 0.25) is 0 Å². The van der Waals surface area contributed by atoms with Gasteiger partial charge in [-0.25, -0.2) is 0 Å². The molecule has 1 heterocycles. The molecule has 1 atom stereocenters. The van der Waals surface area contributed by atoms with Crippen molar-refractivity contribution in [1.82, 2.24) is 4.57 Å². The highest BCUT2D eigenvalue weighted by Crippen LogP contribution is 2.14. The molecule has 21 heavy (non-hydrogen) atoms. The van der Waals surface area contributed by atoms with Crippen LogP contribution in [0, 0.1) is 13.8 Å². The molecule has 0 fully saturated rings. The standard InChI is InChI=1S/C16H20N2O2S/c1-12-4-6-15(10-13(12)2)21(20)9-3-8-18-11-14(17)5-7-16(18)19/h4-7,10-11H,3,8-9,17H2,1-2H3. The molecule has 4 nitrogen and oxygen atoms in total. The molecule has 0 aliphatic carbocycles. The van der Waals surface area contributed by atoms with E-state index >= 15 is 0 Å². The van der Waals surface area contributed by atoms with Gasteiger partial charge in [0.25, 0.3) is 5.56 Å². The summed E-state index contributed by atoms with van der Waals surface area (Å²) in [5, 5.41) is 0. The Hall–Kier alpha value is -1.88. The number of nitrogens with zero attached hydrogens (tertiary/aromatic N) is 1. The summed E-state index contributed by atoms with van der Waals surface area (Å²) in [7, 11) is -1.03. The number of anilines is 1. The number of nitrogens with two attached hydrogens (primary N) is 1. The average molecular weight is 304 g/mol. The summed E-state index contributed by atoms with van der Waals surface area (Å²) in [5.74, 6) is 0.531. The number of pyridine rings is 1. The molecule has 1 aromatic carbocycles. The SMILES string of the molecule is Cc1ccc(S(=O)CCCn2cc(N)ccc2=O)cc1C. The van der Waals surface area contributed by atoms with Gasteiger partial charge in [0.1, 0.15) is 0 Å². The first-order valence-corrected chi connectivity index (χ1v) is 8.21. The molecule has 0 saturated heterocycles. The number of nitrogen functional groups attached to an aromatic ring is 1. The lowest BCUT2D eigenvalue weighted by atomic mass is 10.1. The Balaban J connectivity index is 1.96. The normalized spacial score (nSPS) is 12.3. The highest BCUT2D eigenvalue weighted by atomic mass is 32.2. The maximum Gasteiger partial charge on any atom is 0.250 e. The monoisotopic (exact) mass is 304 g/mol. The van der Waals surface area contributed by atoms with Crippen molar-refractivity contribution >= 4 is 16.5 Å². The second-order valence-corrected chi connectivity index (χ2v) is 6.71. The van der Waals surface area contributed by atoms with Crippen LogP contribution in [0.1, 0.15) is 17.5 Å². The summed E-state index contributed by atoms with van der Waals surface area (Å²) in [4.78, 5) is 12.5. The lowest BCUT2D eigenvalue weighted by Crippen LogP contribution is -2.19. The van der Waals surface area contributed by atoms with Gasteiger partial charge in [-0.15, -0.1) is 0 Å². The lowest BCUT2D eigenvalue weighted by Gasteiger charge is -2.08. The Morgan fingerprint density at radius 3 is 2.62 bits per heavy atom. The van der Waals surface area contributed by atoms with Gasteiger partial charge >= 0.3 is 0 Å². The molecule has 112 valence electrons. The zero-order valence-corrected chi connectivity index (χ0v) is 13.2. The summed E-state index contributed by atoms with van der Waals surface area (Å²) in [6, 6.07) is 8.91. The van der Waals surface area contributed by atoms with Crippen LogP contribution in [0.2, 0.25) is 0 Å². The zero-order chi connectivity index (χ0) is 15.4. The van der Waals surface area contributed by atoms with E-state index in [9.17, 15) is 9.00 Å². The number of aryl methyl sites for hydroxylation is 3. The van der Waals surface area contributed by atoms with Crippen LogP contribution in [-0.4, -0.2) is 14.5 Å². The van der Waals surface area contributed by atoms with Crippen LogP contribution >= 0.6 is 0 Å². The minimum Gasteiger partial charge on any atom is -0.398 e. The van der Waals surface area contributed by atoms with Gasteiger partial charge < -0.3 is 10.3 Å². The maximum absolute atomic E-state index is 12.2. The second kappa shape index (κ2) is 6.72. The highest BCUT2D eigenvalue weighted by molar-refractivity contribution is 7.85. The highest BCUT2D eigenvalue weighted by Gasteiger charge is 2.06. The van der Waals surface area contributed by atoms with Crippen LogP contribution in [0.3, 0.4) is 0 Å². The molecular formula is C16H20N2O2S. The van der Waals surface area contributed by atoms with Crippen LogP contribution in [0.5, 0.6) is 0 Å². The van der Waals surface area contributed by atoms with E-state index in [1.165, 1.54) is 11.6 Å². The van der Waals surface area contributed by atoms with Gasteiger partial charge in [0.05, 0.1) is 10.8 Å². The Labute approximate surface area is 127 Å². The van der Waals surface area contributed by atoms with Gasteiger partial charge in [-0.2, -0.15) is 0 Å². The Kier molecular flexibility index (Phi) is 4.96. The van der Waals surface area contributed by atoms with Gasteiger partial charge in [-0.3, -0.25) is 9.00 Å². The third-order valence-corrected chi connectivity index (χ3v) is 4.92. The van der Waals surface area contributed by atoms with Gasteiger partial charge in [0.15, 0.2) is 0 Å². The van der Waals surface area contributed by atoms with Crippen LogP contribution in [-0.2, 0) is 17.3 Å². The molecule has 0 radical (unpaired) electrons. The summed E-state index contributed by atoms with van der Waals surface area (Å²) in [5.41, 5.74) is 8.48. The van der Waals surface area contributed by atoms with Crippen molar-refractivity contribution in [3.05, 3.63) is 58.0 Å². The van der Waals surface area contributed by atoms with Crippen molar-refractivity contribution in [2.45, 2.75) is 31.7 Å². The first-order valence-electron chi connectivity index (χ1n) is 6.89. The molecule has 2 N–H and O–H groups in total. The first-order chi connectivity index (χ1) is 9.97. The van der Waals surface area contributed by atoms with E-state index in [1.807, 2.05) is 32.0 Å². The van der Waals surface area contributed by atoms with Crippen molar-refractivity contribution in [2.24, 2.45) is 0 Å². The van der Waals surface area contributed by atoms with E-state index in [4.69, 9.17) is 5.73 Å². The fourth-order valence-electron chi connectivity index (χ4n) is 2.06. The number of hydrogen-bond acceptors (Lipinski definition) is 3. The minimum absolute atomic E-state index is 0.0823. The lowest BCUT2D eigenvalue weighted by molar-refractivity contribution is 0.644. The predicted octanol–water partition coefficient (Wildman–Crippen LogP) is 2.25. The summed E-state index contributed by atoms with van der Waals surface area (Å²) < 4.78 is 13.8. The van der Waals surface area contributed by atoms with E-state index in [0.29, 0.717) is 24.4 Å². The summed E-state index contributed by atoms with van der Waals surface area (Å²) in [6.45, 7) is 4.58. The average Bonchev–Trinajstić information content (AvgIpc) is 2.45. The first kappa shape index (κ1) is 15.5. The molecular weight excluding hydrogens is 284 g/mol. The molecule has 2 rings (SSSR count). The van der Waals surface area contributed by atoms with E-state index in [0.717, 1.165) is 10.5 Å². The molecule has 0 saturated carbocycles. The van der Waals surface area contributed by atoms with E-state index in [2.05, 4.69) is 0 Å². The number of aromatic nitrogens is 1. The van der Waals surface area contributed by atoms with Crippen molar-refractivity contribution in [1.29, 1.82) is 0 Å². The van der Waals surface area contributed by atoms with Gasteiger partial charge in [0, 0.05) is 35.1 Å². The van der Waals surface area contributed by atoms with E-state index in [1.54, 1.807) is 16.8 Å². The Morgan fingerprint density at radius 1 is 1.14 bits per heavy atom. The fourth-order valence-corrected chi connectivity index (χ4v) is 3.22. The minimum atomic E-state index is -1.03. The Morgan fingerprint density at radius 2 is 1.90 bits per heavy atom. The van der Waals surface area contributed by atoms with Crippen molar-refractivity contribution in [3.8, 4) is 0 Å². The third kappa shape index (κ3) is 4.04. The molecule has 0 amide bonds. The molecule has 1 aromatic heterocycles. The smallest absolute Gasteiger partial charge is 0.250 e. The van der Waals surface area contributed by atoms with Crippen LogP contribution in [0.25, 0.3) is 0 Å². The van der Waals surface area contributed by atoms with Crippen molar-refractivity contribution in [3.63, 3.8) is 0 Å². The van der Waals surface area contributed by atoms with Crippen molar-refractivity contribution in [2.75, 3.05) is 11.5 Å². The molecule has 5 heteroatoms. The molecule has 0 aliphatic heterocycles. The summed E-state index contributed by atoms with van der Waals surface area (Å²) in [6.07, 6.45) is 2.30. The molecule has 0 spiro atoms. The van der Waals surface area contributed by atoms with Crippen molar-refractivity contribution < 1.29 is 4.21 Å². The summed E-state index contributed by atoms with van der Waals surface area (Å²) >= 11 is 0. The van der Waals surface area contributed by atoms with E-state index in [-0.39, 0.29) is 5.56 Å². The topological polar surface area (TPSA) is 65.1 Å². The van der Waals surface area contributed by atoms with Gasteiger partial charge in [-0.1, -0.05) is 6.07 Å². The molecule has 0 bridgehead atoms. The molecule has 1 unspecified atom stereocenters. The molecule has 0 aliphatic rings. The van der Waals surface area contributed by atoms with Crippen LogP contribution in [0.4, 0.5) is 5.69 Å². The third-order valence-electron chi connectivity index (χ3n) is 3.48. The Bertz CT molecular complexity index is 722. The second-order valence-electron chi connectivity index (χ2n) is 5.14. The van der Waals surface area contributed by atoms with Crippen LogP contribution < -0.4 is 11.3 Å². The quantitative estimate of drug-likeness (QED) is 0.921.